The SMILES string of the molecule is CC[N+](CC)(CCO)CC(C)O.O=C[O-]. The molecule has 0 amide bonds. The molecule has 0 aliphatic rings. The summed E-state index contributed by atoms with van der Waals surface area (Å²) < 4.78 is 0.814. The summed E-state index contributed by atoms with van der Waals surface area (Å²) >= 11 is 0. The number of carboxylic acid groups (broad SMARTS) is 1. The highest BCUT2D eigenvalue weighted by Crippen LogP contribution is 2.06. The summed E-state index contributed by atoms with van der Waals surface area (Å²) in [7, 11) is 0. The van der Waals surface area contributed by atoms with Gasteiger partial charge < -0.3 is 24.6 Å². The summed E-state index contributed by atoms with van der Waals surface area (Å²) in [6.45, 7) is 9.14. The monoisotopic (exact) mass is 221 g/mol. The lowest BCUT2D eigenvalue weighted by Gasteiger charge is -2.37. The maximum atomic E-state index is 9.28. The molecule has 0 spiro atoms. The first-order valence-corrected chi connectivity index (χ1v) is 5.21. The van der Waals surface area contributed by atoms with Crippen LogP contribution in [0.1, 0.15) is 20.8 Å². The number of hydrogen-bond acceptors (Lipinski definition) is 4. The first-order chi connectivity index (χ1) is 7.01. The van der Waals surface area contributed by atoms with Crippen LogP contribution in [0.25, 0.3) is 0 Å². The average Bonchev–Trinajstić information content (AvgIpc) is 2.17. The van der Waals surface area contributed by atoms with Gasteiger partial charge in [0.05, 0.1) is 19.7 Å². The minimum atomic E-state index is -0.500. The fraction of sp³-hybridized carbons (Fsp3) is 0.900. The van der Waals surface area contributed by atoms with Crippen molar-refractivity contribution in [1.82, 2.24) is 0 Å². The number of carbonyl (C=O) groups excluding carboxylic acids is 1. The summed E-state index contributed by atoms with van der Waals surface area (Å²) in [6, 6.07) is 0. The minimum absolute atomic E-state index is 0.203. The van der Waals surface area contributed by atoms with Gasteiger partial charge in [-0.05, 0) is 20.8 Å². The molecule has 92 valence electrons. The Kier molecular flexibility index (Phi) is 11.1. The first kappa shape index (κ1) is 16.8. The second-order valence-corrected chi connectivity index (χ2v) is 3.55. The molecule has 0 aromatic rings. The van der Waals surface area contributed by atoms with Crippen LogP contribution in [0.15, 0.2) is 0 Å². The van der Waals surface area contributed by atoms with E-state index in [4.69, 9.17) is 15.0 Å². The lowest BCUT2D eigenvalue weighted by Crippen LogP contribution is -2.53. The van der Waals surface area contributed by atoms with Crippen molar-refractivity contribution in [1.29, 1.82) is 0 Å². The summed E-state index contributed by atoms with van der Waals surface area (Å²) in [6.07, 6.45) is -0.281. The molecule has 0 aromatic heterocycles. The average molecular weight is 221 g/mol. The molecule has 0 rings (SSSR count). The summed E-state index contributed by atoms with van der Waals surface area (Å²) in [5.41, 5.74) is 0. The predicted octanol–water partition coefficient (Wildman–Crippen LogP) is -1.42. The third-order valence-corrected chi connectivity index (χ3v) is 2.57. The summed E-state index contributed by atoms with van der Waals surface area (Å²) in [5, 5.41) is 26.4. The van der Waals surface area contributed by atoms with E-state index in [9.17, 15) is 5.11 Å². The Hall–Kier alpha value is -0.650. The van der Waals surface area contributed by atoms with Crippen LogP contribution >= 0.6 is 0 Å². The van der Waals surface area contributed by atoms with E-state index < -0.39 is 6.47 Å². The van der Waals surface area contributed by atoms with E-state index in [0.29, 0.717) is 0 Å². The Morgan fingerprint density at radius 2 is 1.80 bits per heavy atom. The zero-order valence-corrected chi connectivity index (χ0v) is 9.85. The predicted molar refractivity (Wildman–Crippen MR) is 55.9 cm³/mol. The van der Waals surface area contributed by atoms with E-state index in [1.165, 1.54) is 0 Å². The van der Waals surface area contributed by atoms with Crippen LogP contribution in [-0.2, 0) is 4.79 Å². The van der Waals surface area contributed by atoms with Crippen molar-refractivity contribution in [3.8, 4) is 0 Å². The van der Waals surface area contributed by atoms with Crippen molar-refractivity contribution >= 4 is 6.47 Å². The molecule has 2 N–H and O–H groups in total. The number of rotatable bonds is 6. The van der Waals surface area contributed by atoms with Crippen LogP contribution in [0.4, 0.5) is 0 Å². The minimum Gasteiger partial charge on any atom is -0.554 e. The van der Waals surface area contributed by atoms with Gasteiger partial charge in [-0.2, -0.15) is 0 Å². The lowest BCUT2D eigenvalue weighted by atomic mass is 10.2. The van der Waals surface area contributed by atoms with Crippen LogP contribution in [0, 0.1) is 0 Å². The Morgan fingerprint density at radius 1 is 1.40 bits per heavy atom. The first-order valence-electron chi connectivity index (χ1n) is 5.21. The number of carbonyl (C=O) groups is 1. The van der Waals surface area contributed by atoms with Crippen LogP contribution in [-0.4, -0.2) is 60.1 Å². The Labute approximate surface area is 91.5 Å². The zero-order chi connectivity index (χ0) is 12.3. The summed E-state index contributed by atoms with van der Waals surface area (Å²) in [5.74, 6) is 0. The topological polar surface area (TPSA) is 80.6 Å². The molecular weight excluding hydrogens is 198 g/mol. The number of aliphatic hydroxyl groups excluding tert-OH is 2. The van der Waals surface area contributed by atoms with Gasteiger partial charge in [-0.25, -0.2) is 0 Å². The molecule has 5 nitrogen and oxygen atoms in total. The van der Waals surface area contributed by atoms with Gasteiger partial charge in [-0.1, -0.05) is 0 Å². The molecule has 15 heavy (non-hydrogen) atoms. The zero-order valence-electron chi connectivity index (χ0n) is 9.85. The molecule has 0 saturated carbocycles. The van der Waals surface area contributed by atoms with Crippen molar-refractivity contribution in [3.05, 3.63) is 0 Å². The standard InChI is InChI=1S/C9H22NO2.CH2O2/c1-4-10(5-2,6-7-11)8-9(3)12;2-1-3/h9,11-12H,4-8H2,1-3H3;1H,(H,2,3)/q+1;/p-1. The largest absolute Gasteiger partial charge is 0.554 e. The smallest absolute Gasteiger partial charge is 0.105 e. The maximum Gasteiger partial charge on any atom is 0.105 e. The fourth-order valence-electron chi connectivity index (χ4n) is 1.66. The van der Waals surface area contributed by atoms with E-state index in [-0.39, 0.29) is 12.7 Å². The van der Waals surface area contributed by atoms with Crippen LogP contribution in [0.3, 0.4) is 0 Å². The van der Waals surface area contributed by atoms with E-state index >= 15 is 0 Å². The highest BCUT2D eigenvalue weighted by Gasteiger charge is 2.24. The second-order valence-electron chi connectivity index (χ2n) is 3.55. The van der Waals surface area contributed by atoms with Crippen molar-refractivity contribution in [2.75, 3.05) is 32.8 Å². The fourth-order valence-corrected chi connectivity index (χ4v) is 1.66. The van der Waals surface area contributed by atoms with E-state index in [1.807, 2.05) is 0 Å². The van der Waals surface area contributed by atoms with Gasteiger partial charge in [0.2, 0.25) is 0 Å². The second kappa shape index (κ2) is 9.89. The third-order valence-electron chi connectivity index (χ3n) is 2.57. The van der Waals surface area contributed by atoms with Crippen molar-refractivity contribution in [2.45, 2.75) is 26.9 Å². The number of quaternary nitrogens is 1. The quantitative estimate of drug-likeness (QED) is 0.426. The van der Waals surface area contributed by atoms with Gasteiger partial charge in [0.15, 0.2) is 0 Å². The normalized spacial score (nSPS) is 12.6. The molecule has 0 aliphatic carbocycles. The molecule has 5 heteroatoms. The van der Waals surface area contributed by atoms with Crippen LogP contribution < -0.4 is 5.11 Å². The highest BCUT2D eigenvalue weighted by atomic mass is 16.3. The Bertz CT molecular complexity index is 146. The molecular formula is C10H23NO4. The number of nitrogens with zero attached hydrogens (tertiary/aromatic N) is 1. The van der Waals surface area contributed by atoms with Crippen LogP contribution in [0.2, 0.25) is 0 Å². The molecule has 0 bridgehead atoms. The van der Waals surface area contributed by atoms with Gasteiger partial charge in [-0.3, -0.25) is 0 Å². The van der Waals surface area contributed by atoms with Crippen molar-refractivity contribution in [2.24, 2.45) is 0 Å². The summed E-state index contributed by atoms with van der Waals surface area (Å²) in [4.78, 5) is 8.25. The third kappa shape index (κ3) is 8.35. The van der Waals surface area contributed by atoms with E-state index in [0.717, 1.165) is 30.7 Å². The molecule has 0 fully saturated rings. The van der Waals surface area contributed by atoms with E-state index in [1.54, 1.807) is 6.92 Å². The Balaban J connectivity index is 0. The lowest BCUT2D eigenvalue weighted by molar-refractivity contribution is -0.927. The molecule has 0 aromatic carbocycles. The maximum absolute atomic E-state index is 9.28. The Morgan fingerprint density at radius 3 is 2.00 bits per heavy atom. The number of aliphatic hydroxyl groups is 2. The number of likely N-dealkylation sites (N-methyl/N-ethyl adjacent to an activating group) is 1. The van der Waals surface area contributed by atoms with Crippen LogP contribution in [0.5, 0.6) is 0 Å². The molecule has 1 unspecified atom stereocenters. The van der Waals surface area contributed by atoms with Crippen molar-refractivity contribution in [3.63, 3.8) is 0 Å². The number of hydrogen-bond donors (Lipinski definition) is 2. The van der Waals surface area contributed by atoms with Gasteiger partial charge in [0.25, 0.3) is 0 Å². The van der Waals surface area contributed by atoms with Crippen molar-refractivity contribution < 1.29 is 24.6 Å². The molecule has 0 aliphatic heterocycles. The van der Waals surface area contributed by atoms with Gasteiger partial charge >= 0.3 is 0 Å². The van der Waals surface area contributed by atoms with E-state index in [2.05, 4.69) is 13.8 Å². The molecule has 1 atom stereocenters. The highest BCUT2D eigenvalue weighted by molar-refractivity contribution is 5.29. The van der Waals surface area contributed by atoms with Gasteiger partial charge in [0, 0.05) is 6.47 Å². The molecule has 0 saturated heterocycles. The molecule has 0 radical (unpaired) electrons. The molecule has 0 heterocycles. The van der Waals surface area contributed by atoms with Gasteiger partial charge in [0.1, 0.15) is 19.2 Å². The van der Waals surface area contributed by atoms with Gasteiger partial charge in [-0.15, -0.1) is 0 Å².